The number of hydrogen-bond acceptors (Lipinski definition) is 3. The molecule has 0 heterocycles. The molecular formula is C11H16O3S. The fraction of sp³-hybridized carbons (Fsp3) is 0.455. The zero-order valence-corrected chi connectivity index (χ0v) is 9.79. The summed E-state index contributed by atoms with van der Waals surface area (Å²) in [5, 5.41) is 8.95. The van der Waals surface area contributed by atoms with Gasteiger partial charge in [-0.2, -0.15) is 0 Å². The Morgan fingerprint density at radius 3 is 2.20 bits per heavy atom. The van der Waals surface area contributed by atoms with Crippen molar-refractivity contribution in [2.24, 2.45) is 0 Å². The fourth-order valence-electron chi connectivity index (χ4n) is 1.35. The maximum atomic E-state index is 11.0. The van der Waals surface area contributed by atoms with Gasteiger partial charge >= 0.3 is 0 Å². The Labute approximate surface area is 90.7 Å². The third-order valence-corrected chi connectivity index (χ3v) is 3.11. The molecule has 0 aliphatic heterocycles. The maximum absolute atomic E-state index is 11.0. The molecule has 3 nitrogen and oxygen atoms in total. The van der Waals surface area contributed by atoms with Crippen LogP contribution in [0.3, 0.4) is 0 Å². The van der Waals surface area contributed by atoms with Gasteiger partial charge in [0.05, 0.1) is 5.75 Å². The third-order valence-electron chi connectivity index (χ3n) is 2.25. The standard InChI is InChI=1S/C11H16O3S/c1-9(7-12)11-5-3-10(4-6-11)8-15(2,13)14/h3-6,9,12H,7-8H2,1-2H3. The molecule has 0 aromatic heterocycles. The fourth-order valence-corrected chi connectivity index (χ4v) is 2.15. The molecular weight excluding hydrogens is 212 g/mol. The summed E-state index contributed by atoms with van der Waals surface area (Å²) in [6.07, 6.45) is 1.22. The van der Waals surface area contributed by atoms with E-state index in [9.17, 15) is 8.42 Å². The molecule has 1 unspecified atom stereocenters. The van der Waals surface area contributed by atoms with Gasteiger partial charge in [0.15, 0.2) is 9.84 Å². The number of rotatable bonds is 4. The highest BCUT2D eigenvalue weighted by Crippen LogP contribution is 2.15. The predicted molar refractivity (Wildman–Crippen MR) is 60.5 cm³/mol. The highest BCUT2D eigenvalue weighted by atomic mass is 32.2. The van der Waals surface area contributed by atoms with Crippen molar-refractivity contribution in [1.82, 2.24) is 0 Å². The first kappa shape index (κ1) is 12.2. The van der Waals surface area contributed by atoms with Crippen molar-refractivity contribution in [3.63, 3.8) is 0 Å². The molecule has 1 N–H and O–H groups in total. The molecule has 84 valence electrons. The van der Waals surface area contributed by atoms with E-state index in [1.54, 1.807) is 12.1 Å². The van der Waals surface area contributed by atoms with E-state index in [1.165, 1.54) is 6.26 Å². The Morgan fingerprint density at radius 2 is 1.80 bits per heavy atom. The van der Waals surface area contributed by atoms with Gasteiger partial charge < -0.3 is 5.11 Å². The van der Waals surface area contributed by atoms with Gasteiger partial charge in [0.25, 0.3) is 0 Å². The number of benzene rings is 1. The number of aliphatic hydroxyl groups is 1. The normalized spacial score (nSPS) is 13.8. The minimum absolute atomic E-state index is 0.0702. The van der Waals surface area contributed by atoms with E-state index in [4.69, 9.17) is 5.11 Å². The van der Waals surface area contributed by atoms with Gasteiger partial charge in [-0.3, -0.25) is 0 Å². The van der Waals surface area contributed by atoms with Crippen LogP contribution in [0.1, 0.15) is 24.0 Å². The van der Waals surface area contributed by atoms with E-state index < -0.39 is 9.84 Å². The Kier molecular flexibility index (Phi) is 3.88. The van der Waals surface area contributed by atoms with Crippen LogP contribution in [0.25, 0.3) is 0 Å². The molecule has 0 spiro atoms. The summed E-state index contributed by atoms with van der Waals surface area (Å²) >= 11 is 0. The quantitative estimate of drug-likeness (QED) is 0.845. The van der Waals surface area contributed by atoms with Gasteiger partial charge in [-0.25, -0.2) is 8.42 Å². The Balaban J connectivity index is 2.81. The van der Waals surface area contributed by atoms with Crippen LogP contribution in [0.5, 0.6) is 0 Å². The zero-order valence-electron chi connectivity index (χ0n) is 8.97. The molecule has 1 atom stereocenters. The van der Waals surface area contributed by atoms with Crippen LogP contribution in [0.2, 0.25) is 0 Å². The van der Waals surface area contributed by atoms with E-state index >= 15 is 0 Å². The number of aliphatic hydroxyl groups excluding tert-OH is 1. The summed E-state index contributed by atoms with van der Waals surface area (Å²) in [5.74, 6) is 0.165. The van der Waals surface area contributed by atoms with Crippen LogP contribution in [-0.4, -0.2) is 26.4 Å². The monoisotopic (exact) mass is 228 g/mol. The topological polar surface area (TPSA) is 54.4 Å². The van der Waals surface area contributed by atoms with E-state index in [2.05, 4.69) is 0 Å². The first-order valence-electron chi connectivity index (χ1n) is 4.80. The minimum atomic E-state index is -2.97. The Morgan fingerprint density at radius 1 is 1.27 bits per heavy atom. The van der Waals surface area contributed by atoms with Crippen LogP contribution < -0.4 is 0 Å². The molecule has 0 saturated carbocycles. The Hall–Kier alpha value is -0.870. The molecule has 0 fully saturated rings. The largest absolute Gasteiger partial charge is 0.396 e. The minimum Gasteiger partial charge on any atom is -0.396 e. The van der Waals surface area contributed by atoms with Crippen molar-refractivity contribution in [1.29, 1.82) is 0 Å². The summed E-state index contributed by atoms with van der Waals surface area (Å²) in [5.41, 5.74) is 1.81. The van der Waals surface area contributed by atoms with Gasteiger partial charge in [-0.05, 0) is 11.1 Å². The van der Waals surface area contributed by atoms with E-state index in [-0.39, 0.29) is 18.3 Å². The van der Waals surface area contributed by atoms with Crippen molar-refractivity contribution in [2.45, 2.75) is 18.6 Å². The van der Waals surface area contributed by atoms with Crippen LogP contribution in [0.4, 0.5) is 0 Å². The highest BCUT2D eigenvalue weighted by molar-refractivity contribution is 7.89. The van der Waals surface area contributed by atoms with Gasteiger partial charge in [-0.15, -0.1) is 0 Å². The molecule has 1 rings (SSSR count). The molecule has 0 radical (unpaired) electrons. The summed E-state index contributed by atoms with van der Waals surface area (Å²) in [6.45, 7) is 2.02. The molecule has 4 heteroatoms. The molecule has 1 aromatic rings. The molecule has 1 aromatic carbocycles. The highest BCUT2D eigenvalue weighted by Gasteiger charge is 2.06. The maximum Gasteiger partial charge on any atom is 0.151 e. The summed E-state index contributed by atoms with van der Waals surface area (Å²) in [6, 6.07) is 7.31. The molecule has 0 aliphatic carbocycles. The second-order valence-corrected chi connectivity index (χ2v) is 6.04. The summed E-state index contributed by atoms with van der Waals surface area (Å²) in [7, 11) is -2.97. The van der Waals surface area contributed by atoms with Crippen LogP contribution in [0, 0.1) is 0 Å². The zero-order chi connectivity index (χ0) is 11.5. The predicted octanol–water partition coefficient (Wildman–Crippen LogP) is 1.33. The lowest BCUT2D eigenvalue weighted by molar-refractivity contribution is 0.273. The van der Waals surface area contributed by atoms with Crippen LogP contribution in [-0.2, 0) is 15.6 Å². The number of hydrogen-bond donors (Lipinski definition) is 1. The number of sulfone groups is 1. The first-order valence-corrected chi connectivity index (χ1v) is 6.86. The van der Waals surface area contributed by atoms with Gasteiger partial charge in [-0.1, -0.05) is 31.2 Å². The molecule has 0 bridgehead atoms. The Bertz CT molecular complexity index is 406. The molecule has 0 aliphatic rings. The molecule has 15 heavy (non-hydrogen) atoms. The second-order valence-electron chi connectivity index (χ2n) is 3.90. The van der Waals surface area contributed by atoms with Gasteiger partial charge in [0, 0.05) is 18.8 Å². The van der Waals surface area contributed by atoms with Crippen LogP contribution >= 0.6 is 0 Å². The van der Waals surface area contributed by atoms with Gasteiger partial charge in [0.2, 0.25) is 0 Å². The first-order chi connectivity index (χ1) is 6.92. The lowest BCUT2D eigenvalue weighted by Gasteiger charge is -2.08. The third kappa shape index (κ3) is 4.01. The summed E-state index contributed by atoms with van der Waals surface area (Å²) < 4.78 is 22.1. The van der Waals surface area contributed by atoms with Crippen LogP contribution in [0.15, 0.2) is 24.3 Å². The van der Waals surface area contributed by atoms with Crippen molar-refractivity contribution in [2.75, 3.05) is 12.9 Å². The van der Waals surface area contributed by atoms with E-state index in [0.717, 1.165) is 11.1 Å². The smallest absolute Gasteiger partial charge is 0.151 e. The van der Waals surface area contributed by atoms with Crippen molar-refractivity contribution < 1.29 is 13.5 Å². The lowest BCUT2D eigenvalue weighted by Crippen LogP contribution is -2.02. The van der Waals surface area contributed by atoms with Crippen molar-refractivity contribution in [3.05, 3.63) is 35.4 Å². The van der Waals surface area contributed by atoms with E-state index in [1.807, 2.05) is 19.1 Å². The average molecular weight is 228 g/mol. The SMILES string of the molecule is CC(CO)c1ccc(CS(C)(=O)=O)cc1. The molecule has 0 amide bonds. The summed E-state index contributed by atoms with van der Waals surface area (Å²) in [4.78, 5) is 0. The molecule has 0 saturated heterocycles. The second kappa shape index (κ2) is 4.77. The van der Waals surface area contributed by atoms with Gasteiger partial charge in [0.1, 0.15) is 0 Å². The van der Waals surface area contributed by atoms with Crippen molar-refractivity contribution >= 4 is 9.84 Å². The lowest BCUT2D eigenvalue weighted by atomic mass is 10.0. The van der Waals surface area contributed by atoms with E-state index in [0.29, 0.717) is 0 Å². The average Bonchev–Trinajstić information content (AvgIpc) is 2.15. The van der Waals surface area contributed by atoms with Crippen molar-refractivity contribution in [3.8, 4) is 0 Å².